The summed E-state index contributed by atoms with van der Waals surface area (Å²) in [5.41, 5.74) is 1.45. The lowest BCUT2D eigenvalue weighted by Gasteiger charge is -1.78. The molecule has 0 unspecified atom stereocenters. The highest BCUT2D eigenvalue weighted by Crippen LogP contribution is 2.04. The van der Waals surface area contributed by atoms with E-state index in [4.69, 9.17) is 0 Å². The van der Waals surface area contributed by atoms with Gasteiger partial charge in [-0.1, -0.05) is 6.92 Å². The molecule has 0 amide bonds. The smallest absolute Gasteiger partial charge is 0.152 e. The Morgan fingerprint density at radius 1 is 1.86 bits per heavy atom. The summed E-state index contributed by atoms with van der Waals surface area (Å²) in [5.74, 6) is 0. The fourth-order valence-electron chi connectivity index (χ4n) is 0.494. The van der Waals surface area contributed by atoms with Crippen LogP contribution in [0.15, 0.2) is 16.8 Å². The minimum Gasteiger partial charge on any atom is -0.152 e. The third-order valence-electron chi connectivity index (χ3n) is 0.988. The van der Waals surface area contributed by atoms with Gasteiger partial charge in [0.25, 0.3) is 0 Å². The zero-order valence-corrected chi connectivity index (χ0v) is 5.16. The Hall–Kier alpha value is -0.300. The Bertz CT molecular complexity index is 123. The number of rotatable bonds is 1. The van der Waals surface area contributed by atoms with Crippen LogP contribution >= 0.6 is 11.3 Å². The summed E-state index contributed by atoms with van der Waals surface area (Å²) in [5, 5.41) is 4.29. The van der Waals surface area contributed by atoms with Gasteiger partial charge in [0.05, 0.1) is 0 Å². The molecule has 0 aliphatic rings. The lowest BCUT2D eigenvalue weighted by atomic mass is 10.3. The minimum absolute atomic E-state index is 0. The maximum Gasteiger partial charge on any atom is 1.00 e. The molecule has 1 heteroatoms. The van der Waals surface area contributed by atoms with E-state index in [2.05, 4.69) is 23.8 Å². The highest BCUT2D eigenvalue weighted by Gasteiger charge is 1.82. The second-order valence-corrected chi connectivity index (χ2v) is 2.27. The van der Waals surface area contributed by atoms with E-state index in [0.717, 1.165) is 0 Å². The van der Waals surface area contributed by atoms with E-state index in [1.807, 2.05) is 0 Å². The van der Waals surface area contributed by atoms with E-state index in [-0.39, 0.29) is 1.43 Å². The van der Waals surface area contributed by atoms with Gasteiger partial charge in [-0.15, -0.1) is 0 Å². The summed E-state index contributed by atoms with van der Waals surface area (Å²) in [6.45, 7) is 2.17. The molecule has 0 radical (unpaired) electrons. The molecule has 38 valence electrons. The molecule has 1 aromatic rings. The molecule has 0 saturated carbocycles. The van der Waals surface area contributed by atoms with Gasteiger partial charge in [0.15, 0.2) is 0 Å². The fourth-order valence-corrected chi connectivity index (χ4v) is 1.25. The molecule has 0 aliphatic carbocycles. The highest BCUT2D eigenvalue weighted by molar-refractivity contribution is 7.07. The summed E-state index contributed by atoms with van der Waals surface area (Å²) >= 11 is 1.76. The summed E-state index contributed by atoms with van der Waals surface area (Å²) in [6.07, 6.45) is 1.17. The van der Waals surface area contributed by atoms with Crippen molar-refractivity contribution in [3.8, 4) is 0 Å². The summed E-state index contributed by atoms with van der Waals surface area (Å²) in [6, 6.07) is 2.16. The second-order valence-electron chi connectivity index (χ2n) is 1.49. The lowest BCUT2D eigenvalue weighted by molar-refractivity contribution is 1.16. The van der Waals surface area contributed by atoms with E-state index >= 15 is 0 Å². The van der Waals surface area contributed by atoms with Gasteiger partial charge in [-0.25, -0.2) is 0 Å². The van der Waals surface area contributed by atoms with Crippen LogP contribution in [0.2, 0.25) is 0 Å². The van der Waals surface area contributed by atoms with Crippen LogP contribution in [0.5, 0.6) is 0 Å². The minimum atomic E-state index is 0. The molecule has 0 atom stereocenters. The molecule has 1 rings (SSSR count). The van der Waals surface area contributed by atoms with Crippen LogP contribution in [0, 0.1) is 0 Å². The van der Waals surface area contributed by atoms with E-state index in [9.17, 15) is 0 Å². The molecule has 0 aliphatic heterocycles. The first kappa shape index (κ1) is 4.85. The molecular weight excluding hydrogens is 104 g/mol. The SMILES string of the molecule is CCc1ccsc1.[H+]. The summed E-state index contributed by atoms with van der Waals surface area (Å²) in [4.78, 5) is 0. The summed E-state index contributed by atoms with van der Waals surface area (Å²) in [7, 11) is 0. The molecule has 7 heavy (non-hydrogen) atoms. The average molecular weight is 113 g/mol. The average Bonchev–Trinajstić information content (AvgIpc) is 2.14. The Morgan fingerprint density at radius 2 is 2.71 bits per heavy atom. The van der Waals surface area contributed by atoms with Crippen molar-refractivity contribution in [1.29, 1.82) is 0 Å². The molecule has 0 spiro atoms. The van der Waals surface area contributed by atoms with Crippen LogP contribution in [0.3, 0.4) is 0 Å². The molecule has 0 N–H and O–H groups in total. The Morgan fingerprint density at radius 3 is 3.00 bits per heavy atom. The molecule has 1 aromatic heterocycles. The van der Waals surface area contributed by atoms with Gasteiger partial charge in [0.1, 0.15) is 0 Å². The number of aryl methyl sites for hydroxylation is 1. The first-order valence-electron chi connectivity index (χ1n) is 2.44. The molecule has 0 saturated heterocycles. The lowest BCUT2D eigenvalue weighted by Crippen LogP contribution is -1.66. The number of hydrogen-bond acceptors (Lipinski definition) is 1. The Kier molecular flexibility index (Phi) is 1.47. The van der Waals surface area contributed by atoms with Crippen molar-refractivity contribution < 1.29 is 1.43 Å². The molecule has 0 fully saturated rings. The monoisotopic (exact) mass is 113 g/mol. The normalized spacial score (nSPS) is 9.29. The third kappa shape index (κ3) is 1.03. The maximum atomic E-state index is 2.18. The van der Waals surface area contributed by atoms with Gasteiger partial charge in [-0.3, -0.25) is 0 Å². The van der Waals surface area contributed by atoms with Crippen molar-refractivity contribution in [3.63, 3.8) is 0 Å². The van der Waals surface area contributed by atoms with E-state index in [1.165, 1.54) is 12.0 Å². The van der Waals surface area contributed by atoms with Crippen LogP contribution < -0.4 is 0 Å². The molecule has 0 nitrogen and oxygen atoms in total. The number of hydrogen-bond donors (Lipinski definition) is 0. The van der Waals surface area contributed by atoms with E-state index < -0.39 is 0 Å². The van der Waals surface area contributed by atoms with Crippen LogP contribution in [-0.4, -0.2) is 0 Å². The van der Waals surface area contributed by atoms with Crippen molar-refractivity contribution in [2.45, 2.75) is 13.3 Å². The van der Waals surface area contributed by atoms with Gasteiger partial charge >= 0.3 is 1.43 Å². The molecule has 0 aromatic carbocycles. The van der Waals surface area contributed by atoms with Gasteiger partial charge in [-0.05, 0) is 28.8 Å². The molecular formula is C6H9S+. The van der Waals surface area contributed by atoms with Crippen molar-refractivity contribution in [2.75, 3.05) is 0 Å². The maximum absolute atomic E-state index is 2.18. The topological polar surface area (TPSA) is 0 Å². The zero-order valence-electron chi connectivity index (χ0n) is 5.35. The van der Waals surface area contributed by atoms with Crippen molar-refractivity contribution in [3.05, 3.63) is 22.4 Å². The Balaban J connectivity index is 0.000000490. The highest BCUT2D eigenvalue weighted by atomic mass is 32.1. The molecule has 1 heterocycles. The zero-order chi connectivity index (χ0) is 5.11. The predicted molar refractivity (Wildman–Crippen MR) is 34.8 cm³/mol. The van der Waals surface area contributed by atoms with Crippen molar-refractivity contribution in [2.24, 2.45) is 0 Å². The standard InChI is InChI=1S/C6H8S/c1-2-6-3-4-7-5-6/h3-5H,2H2,1H3/p+1. The Labute approximate surface area is 49.3 Å². The second kappa shape index (κ2) is 2.12. The van der Waals surface area contributed by atoms with Crippen LogP contribution in [-0.2, 0) is 6.42 Å². The van der Waals surface area contributed by atoms with Gasteiger partial charge in [-0.2, -0.15) is 11.3 Å². The number of thiophene rings is 1. The molecule has 0 bridgehead atoms. The largest absolute Gasteiger partial charge is 1.00 e. The third-order valence-corrected chi connectivity index (χ3v) is 1.72. The van der Waals surface area contributed by atoms with E-state index in [0.29, 0.717) is 0 Å². The first-order valence-corrected chi connectivity index (χ1v) is 3.39. The van der Waals surface area contributed by atoms with Gasteiger partial charge < -0.3 is 0 Å². The van der Waals surface area contributed by atoms with Crippen molar-refractivity contribution in [1.82, 2.24) is 0 Å². The summed E-state index contributed by atoms with van der Waals surface area (Å²) < 4.78 is 0. The van der Waals surface area contributed by atoms with Crippen molar-refractivity contribution >= 4 is 11.3 Å². The van der Waals surface area contributed by atoms with Crippen LogP contribution in [0.1, 0.15) is 13.9 Å². The predicted octanol–water partition coefficient (Wildman–Crippen LogP) is 2.42. The fraction of sp³-hybridized carbons (Fsp3) is 0.333. The first-order chi connectivity index (χ1) is 3.43. The van der Waals surface area contributed by atoms with Gasteiger partial charge in [0, 0.05) is 0 Å². The van der Waals surface area contributed by atoms with Crippen LogP contribution in [0.4, 0.5) is 0 Å². The van der Waals surface area contributed by atoms with Crippen LogP contribution in [0.25, 0.3) is 0 Å². The van der Waals surface area contributed by atoms with E-state index in [1.54, 1.807) is 11.3 Å². The quantitative estimate of drug-likeness (QED) is 0.524. The van der Waals surface area contributed by atoms with Gasteiger partial charge in [0.2, 0.25) is 0 Å².